The van der Waals surface area contributed by atoms with Gasteiger partial charge in [-0.3, -0.25) is 4.79 Å². The van der Waals surface area contributed by atoms with Crippen molar-refractivity contribution in [2.24, 2.45) is 0 Å². The van der Waals surface area contributed by atoms with Gasteiger partial charge < -0.3 is 10.1 Å². The van der Waals surface area contributed by atoms with E-state index in [1.165, 1.54) is 42.5 Å². The van der Waals surface area contributed by atoms with Crippen LogP contribution in [0.5, 0.6) is 0 Å². The van der Waals surface area contributed by atoms with Crippen molar-refractivity contribution in [3.63, 3.8) is 0 Å². The number of hydrogen-bond acceptors (Lipinski definition) is 5. The van der Waals surface area contributed by atoms with Crippen molar-refractivity contribution in [1.29, 1.82) is 0 Å². The maximum Gasteiger partial charge on any atom is 0.338 e. The molecule has 0 spiro atoms. The molecular formula is C17H17FN2O5S. The average molecular weight is 380 g/mol. The quantitative estimate of drug-likeness (QED) is 0.715. The molecule has 2 rings (SSSR count). The molecule has 0 unspecified atom stereocenters. The fraction of sp³-hybridized carbons (Fsp3) is 0.176. The number of rotatable bonds is 7. The second kappa shape index (κ2) is 8.54. The fourth-order valence-corrected chi connectivity index (χ4v) is 2.98. The maximum absolute atomic E-state index is 13.1. The van der Waals surface area contributed by atoms with Gasteiger partial charge in [0.25, 0.3) is 0 Å². The topological polar surface area (TPSA) is 102 Å². The van der Waals surface area contributed by atoms with Crippen LogP contribution in [0.15, 0.2) is 53.4 Å². The van der Waals surface area contributed by atoms with Crippen molar-refractivity contribution >= 4 is 27.6 Å². The van der Waals surface area contributed by atoms with Crippen molar-refractivity contribution in [3.8, 4) is 0 Å². The molecule has 26 heavy (non-hydrogen) atoms. The third-order valence-corrected chi connectivity index (χ3v) is 4.62. The molecule has 9 heteroatoms. The van der Waals surface area contributed by atoms with E-state index in [2.05, 4.69) is 10.0 Å². The first-order chi connectivity index (χ1) is 12.3. The lowest BCUT2D eigenvalue weighted by atomic mass is 10.2. The van der Waals surface area contributed by atoms with Gasteiger partial charge in [0, 0.05) is 5.69 Å². The highest BCUT2D eigenvalue weighted by Gasteiger charge is 2.16. The minimum atomic E-state index is -3.95. The van der Waals surface area contributed by atoms with Crippen LogP contribution in [-0.2, 0) is 19.6 Å². The number of anilines is 1. The molecule has 2 aromatic carbocycles. The number of amides is 1. The molecule has 0 saturated heterocycles. The smallest absolute Gasteiger partial charge is 0.338 e. The number of benzene rings is 2. The molecule has 0 aliphatic carbocycles. The van der Waals surface area contributed by atoms with Gasteiger partial charge in [0.15, 0.2) is 0 Å². The summed E-state index contributed by atoms with van der Waals surface area (Å²) in [7, 11) is -3.95. The number of carbonyl (C=O) groups excluding carboxylic acids is 2. The van der Waals surface area contributed by atoms with Gasteiger partial charge in [-0.25, -0.2) is 22.3 Å². The Morgan fingerprint density at radius 1 is 1.12 bits per heavy atom. The predicted molar refractivity (Wildman–Crippen MR) is 92.6 cm³/mol. The van der Waals surface area contributed by atoms with Gasteiger partial charge >= 0.3 is 5.97 Å². The van der Waals surface area contributed by atoms with Crippen LogP contribution in [0.3, 0.4) is 0 Å². The number of carbonyl (C=O) groups is 2. The van der Waals surface area contributed by atoms with Gasteiger partial charge in [0.05, 0.1) is 23.6 Å². The van der Waals surface area contributed by atoms with Crippen LogP contribution in [0.2, 0.25) is 0 Å². The molecule has 2 N–H and O–H groups in total. The molecule has 7 nitrogen and oxygen atoms in total. The minimum Gasteiger partial charge on any atom is -0.462 e. The summed E-state index contributed by atoms with van der Waals surface area (Å²) in [6, 6.07) is 10.3. The van der Waals surface area contributed by atoms with Gasteiger partial charge in [-0.15, -0.1) is 0 Å². The lowest BCUT2D eigenvalue weighted by Crippen LogP contribution is -2.32. The summed E-state index contributed by atoms with van der Waals surface area (Å²) in [5.41, 5.74) is 0.433. The highest BCUT2D eigenvalue weighted by Crippen LogP contribution is 2.12. The van der Waals surface area contributed by atoms with Crippen LogP contribution in [0.1, 0.15) is 17.3 Å². The number of ether oxygens (including phenoxy) is 1. The van der Waals surface area contributed by atoms with Crippen LogP contribution in [0.4, 0.5) is 10.1 Å². The number of hydrogen-bond donors (Lipinski definition) is 2. The first-order valence-corrected chi connectivity index (χ1v) is 9.12. The number of nitrogens with one attached hydrogen (secondary N) is 2. The molecule has 0 fully saturated rings. The van der Waals surface area contributed by atoms with E-state index in [0.29, 0.717) is 0 Å². The largest absolute Gasteiger partial charge is 0.462 e. The average Bonchev–Trinajstić information content (AvgIpc) is 2.60. The Labute approximate surface area is 150 Å². The van der Waals surface area contributed by atoms with E-state index < -0.39 is 34.3 Å². The van der Waals surface area contributed by atoms with E-state index in [-0.39, 0.29) is 22.8 Å². The first-order valence-electron chi connectivity index (χ1n) is 7.64. The lowest BCUT2D eigenvalue weighted by molar-refractivity contribution is -0.115. The molecule has 0 atom stereocenters. The van der Waals surface area contributed by atoms with E-state index in [9.17, 15) is 22.4 Å². The Morgan fingerprint density at radius 3 is 2.42 bits per heavy atom. The third-order valence-electron chi connectivity index (χ3n) is 3.21. The summed E-state index contributed by atoms with van der Waals surface area (Å²) in [5.74, 6) is -1.73. The Hall–Kier alpha value is -2.78. The first kappa shape index (κ1) is 19.5. The van der Waals surface area contributed by atoms with Gasteiger partial charge in [-0.05, 0) is 49.4 Å². The minimum absolute atomic E-state index is 0.107. The Balaban J connectivity index is 1.97. The van der Waals surface area contributed by atoms with E-state index in [1.807, 2.05) is 0 Å². The highest BCUT2D eigenvalue weighted by molar-refractivity contribution is 7.89. The Kier molecular flexibility index (Phi) is 6.42. The normalized spacial score (nSPS) is 11.0. The van der Waals surface area contributed by atoms with E-state index in [4.69, 9.17) is 4.74 Å². The third kappa shape index (κ3) is 5.36. The predicted octanol–water partition coefficient (Wildman–Crippen LogP) is 1.92. The van der Waals surface area contributed by atoms with E-state index in [1.54, 1.807) is 6.92 Å². The molecule has 0 aliphatic heterocycles. The van der Waals surface area contributed by atoms with Gasteiger partial charge in [0.2, 0.25) is 15.9 Å². The SMILES string of the molecule is CCOC(=O)c1ccc(S(=O)(=O)NCC(=O)Nc2cccc(F)c2)cc1. The van der Waals surface area contributed by atoms with E-state index in [0.717, 1.165) is 6.07 Å². The van der Waals surface area contributed by atoms with Crippen molar-refractivity contribution in [2.45, 2.75) is 11.8 Å². The molecule has 0 radical (unpaired) electrons. The molecule has 138 valence electrons. The van der Waals surface area contributed by atoms with Crippen molar-refractivity contribution in [2.75, 3.05) is 18.5 Å². The number of sulfonamides is 1. The fourth-order valence-electron chi connectivity index (χ4n) is 2.00. The summed E-state index contributed by atoms with van der Waals surface area (Å²) in [6.07, 6.45) is 0. The summed E-state index contributed by atoms with van der Waals surface area (Å²) in [5, 5.41) is 2.38. The molecule has 0 saturated carbocycles. The maximum atomic E-state index is 13.1. The van der Waals surface area contributed by atoms with Gasteiger partial charge in [-0.2, -0.15) is 0 Å². The molecule has 0 heterocycles. The molecule has 0 aromatic heterocycles. The summed E-state index contributed by atoms with van der Waals surface area (Å²) >= 11 is 0. The van der Waals surface area contributed by atoms with Crippen LogP contribution in [0, 0.1) is 5.82 Å². The van der Waals surface area contributed by atoms with Crippen molar-refractivity contribution in [3.05, 3.63) is 59.9 Å². The second-order valence-electron chi connectivity index (χ2n) is 5.13. The summed E-state index contributed by atoms with van der Waals surface area (Å²) in [4.78, 5) is 23.2. The molecule has 1 amide bonds. The summed E-state index contributed by atoms with van der Waals surface area (Å²) < 4.78 is 44.4. The summed E-state index contributed by atoms with van der Waals surface area (Å²) in [6.45, 7) is 1.34. The molecule has 0 aliphatic rings. The molecule has 2 aromatic rings. The highest BCUT2D eigenvalue weighted by atomic mass is 32.2. The molecule has 0 bridgehead atoms. The zero-order chi connectivity index (χ0) is 19.2. The van der Waals surface area contributed by atoms with Crippen LogP contribution in [0.25, 0.3) is 0 Å². The Bertz CT molecular complexity index is 898. The zero-order valence-corrected chi connectivity index (χ0v) is 14.7. The Morgan fingerprint density at radius 2 is 1.81 bits per heavy atom. The zero-order valence-electron chi connectivity index (χ0n) is 13.9. The van der Waals surface area contributed by atoms with Crippen LogP contribution in [-0.4, -0.2) is 33.4 Å². The lowest BCUT2D eigenvalue weighted by Gasteiger charge is -2.08. The number of esters is 1. The van der Waals surface area contributed by atoms with Crippen LogP contribution < -0.4 is 10.0 Å². The van der Waals surface area contributed by atoms with Crippen LogP contribution >= 0.6 is 0 Å². The number of halogens is 1. The van der Waals surface area contributed by atoms with Gasteiger partial charge in [0.1, 0.15) is 5.82 Å². The monoisotopic (exact) mass is 380 g/mol. The van der Waals surface area contributed by atoms with Crippen molar-refractivity contribution < 1.29 is 27.1 Å². The second-order valence-corrected chi connectivity index (χ2v) is 6.89. The standard InChI is InChI=1S/C17H17FN2O5S/c1-2-25-17(22)12-6-8-15(9-7-12)26(23,24)19-11-16(21)20-14-5-3-4-13(18)10-14/h3-10,19H,2,11H2,1H3,(H,20,21). The van der Waals surface area contributed by atoms with Crippen molar-refractivity contribution in [1.82, 2.24) is 4.72 Å². The van der Waals surface area contributed by atoms with Gasteiger partial charge in [-0.1, -0.05) is 6.07 Å². The van der Waals surface area contributed by atoms with E-state index >= 15 is 0 Å². The molecular weight excluding hydrogens is 363 g/mol.